The average molecular weight is 371 g/mol. The number of alkyl halides is 3. The normalized spacial score (nSPS) is 11.2. The van der Waals surface area contributed by atoms with Gasteiger partial charge < -0.3 is 11.1 Å². The second-order valence-electron chi connectivity index (χ2n) is 5.90. The van der Waals surface area contributed by atoms with E-state index in [4.69, 9.17) is 5.73 Å². The van der Waals surface area contributed by atoms with Gasteiger partial charge in [-0.15, -0.1) is 0 Å². The minimum Gasteiger partial charge on any atom is -0.398 e. The number of para-hydroxylation sites is 1. The van der Waals surface area contributed by atoms with E-state index in [0.29, 0.717) is 28.1 Å². The van der Waals surface area contributed by atoms with E-state index < -0.39 is 17.6 Å². The summed E-state index contributed by atoms with van der Waals surface area (Å²) in [6.07, 6.45) is -2.93. The highest BCUT2D eigenvalue weighted by Crippen LogP contribution is 2.29. The highest BCUT2D eigenvalue weighted by Gasteiger charge is 2.30. The summed E-state index contributed by atoms with van der Waals surface area (Å²) in [7, 11) is 0. The van der Waals surface area contributed by atoms with Crippen LogP contribution in [0.2, 0.25) is 0 Å². The SMILES string of the molecule is Nc1ccccc1-c1cc(C(=O)NCc2cccc(C(F)(F)F)c2)ccn1. The molecule has 0 saturated carbocycles. The van der Waals surface area contributed by atoms with E-state index in [1.54, 1.807) is 24.3 Å². The molecule has 2 aromatic carbocycles. The zero-order valence-electron chi connectivity index (χ0n) is 14.1. The molecule has 4 nitrogen and oxygen atoms in total. The van der Waals surface area contributed by atoms with E-state index in [2.05, 4.69) is 10.3 Å². The van der Waals surface area contributed by atoms with E-state index in [9.17, 15) is 18.0 Å². The molecule has 1 amide bonds. The summed E-state index contributed by atoms with van der Waals surface area (Å²) in [5.74, 6) is -0.412. The van der Waals surface area contributed by atoms with Crippen molar-refractivity contribution in [3.8, 4) is 11.3 Å². The number of nitrogen functional groups attached to an aromatic ring is 1. The summed E-state index contributed by atoms with van der Waals surface area (Å²) in [6, 6.07) is 15.1. The zero-order chi connectivity index (χ0) is 19.4. The summed E-state index contributed by atoms with van der Waals surface area (Å²) in [5.41, 5.74) is 7.66. The van der Waals surface area contributed by atoms with Gasteiger partial charge in [-0.1, -0.05) is 30.3 Å². The van der Waals surface area contributed by atoms with E-state index in [-0.39, 0.29) is 6.54 Å². The number of hydrogen-bond donors (Lipinski definition) is 2. The van der Waals surface area contributed by atoms with E-state index in [1.807, 2.05) is 6.07 Å². The molecule has 0 bridgehead atoms. The molecule has 1 aromatic heterocycles. The third-order valence-electron chi connectivity index (χ3n) is 3.97. The Balaban J connectivity index is 1.74. The average Bonchev–Trinajstić information content (AvgIpc) is 2.66. The molecule has 0 saturated heterocycles. The van der Waals surface area contributed by atoms with Crippen molar-refractivity contribution in [3.05, 3.63) is 83.6 Å². The second kappa shape index (κ2) is 7.49. The quantitative estimate of drug-likeness (QED) is 0.673. The van der Waals surface area contributed by atoms with Gasteiger partial charge in [0.2, 0.25) is 0 Å². The largest absolute Gasteiger partial charge is 0.416 e. The topological polar surface area (TPSA) is 68.0 Å². The number of nitrogens with two attached hydrogens (primary N) is 1. The maximum absolute atomic E-state index is 12.8. The summed E-state index contributed by atoms with van der Waals surface area (Å²) >= 11 is 0. The van der Waals surface area contributed by atoms with Gasteiger partial charge in [0.15, 0.2) is 0 Å². The molecule has 0 radical (unpaired) electrons. The number of amides is 1. The lowest BCUT2D eigenvalue weighted by Crippen LogP contribution is -2.23. The van der Waals surface area contributed by atoms with Crippen molar-refractivity contribution in [1.82, 2.24) is 10.3 Å². The Kier molecular flexibility index (Phi) is 5.12. The summed E-state index contributed by atoms with van der Waals surface area (Å²) in [6.45, 7) is -0.0200. The molecule has 27 heavy (non-hydrogen) atoms. The van der Waals surface area contributed by atoms with Crippen molar-refractivity contribution in [2.45, 2.75) is 12.7 Å². The fraction of sp³-hybridized carbons (Fsp3) is 0.100. The number of nitrogens with zero attached hydrogens (tertiary/aromatic N) is 1. The molecule has 3 rings (SSSR count). The fourth-order valence-electron chi connectivity index (χ4n) is 2.59. The number of carbonyl (C=O) groups excluding carboxylic acids is 1. The Morgan fingerprint density at radius 3 is 2.56 bits per heavy atom. The molecular formula is C20H16F3N3O. The smallest absolute Gasteiger partial charge is 0.398 e. The maximum atomic E-state index is 12.8. The van der Waals surface area contributed by atoms with Crippen molar-refractivity contribution in [1.29, 1.82) is 0 Å². The van der Waals surface area contributed by atoms with Gasteiger partial charge in [0.1, 0.15) is 0 Å². The number of nitrogens with one attached hydrogen (secondary N) is 1. The van der Waals surface area contributed by atoms with E-state index in [1.165, 1.54) is 24.4 Å². The van der Waals surface area contributed by atoms with Gasteiger partial charge in [0.05, 0.1) is 11.3 Å². The Labute approximate surface area is 153 Å². The second-order valence-corrected chi connectivity index (χ2v) is 5.90. The predicted octanol–water partition coefficient (Wildman–Crippen LogP) is 4.28. The van der Waals surface area contributed by atoms with Crippen molar-refractivity contribution < 1.29 is 18.0 Å². The van der Waals surface area contributed by atoms with Crippen LogP contribution in [0.4, 0.5) is 18.9 Å². The van der Waals surface area contributed by atoms with Crippen molar-refractivity contribution in [2.75, 3.05) is 5.73 Å². The van der Waals surface area contributed by atoms with Crippen molar-refractivity contribution in [2.24, 2.45) is 0 Å². The Hall–Kier alpha value is -3.35. The highest BCUT2D eigenvalue weighted by molar-refractivity contribution is 5.95. The van der Waals surface area contributed by atoms with Gasteiger partial charge >= 0.3 is 6.18 Å². The van der Waals surface area contributed by atoms with Crippen molar-refractivity contribution >= 4 is 11.6 Å². The molecule has 0 aliphatic carbocycles. The maximum Gasteiger partial charge on any atom is 0.416 e. The molecule has 0 fully saturated rings. The molecule has 0 unspecified atom stereocenters. The molecule has 0 aliphatic heterocycles. The minimum absolute atomic E-state index is 0.0200. The molecule has 0 atom stereocenters. The number of rotatable bonds is 4. The molecule has 0 aliphatic rings. The van der Waals surface area contributed by atoms with Gasteiger partial charge in [-0.3, -0.25) is 9.78 Å². The highest BCUT2D eigenvalue weighted by atomic mass is 19.4. The lowest BCUT2D eigenvalue weighted by Gasteiger charge is -2.10. The first kappa shape index (κ1) is 18.4. The number of anilines is 1. The molecule has 3 aromatic rings. The van der Waals surface area contributed by atoms with Crippen LogP contribution >= 0.6 is 0 Å². The van der Waals surface area contributed by atoms with Crippen LogP contribution < -0.4 is 11.1 Å². The van der Waals surface area contributed by atoms with Crippen molar-refractivity contribution in [3.63, 3.8) is 0 Å². The van der Waals surface area contributed by atoms with Gasteiger partial charge in [0.25, 0.3) is 5.91 Å². The summed E-state index contributed by atoms with van der Waals surface area (Å²) in [5, 5.41) is 2.62. The first-order valence-corrected chi connectivity index (χ1v) is 8.10. The molecule has 7 heteroatoms. The number of aromatic nitrogens is 1. The minimum atomic E-state index is -4.42. The number of halogens is 3. The third-order valence-corrected chi connectivity index (χ3v) is 3.97. The standard InChI is InChI=1S/C20H16F3N3O/c21-20(22,23)15-5-3-4-13(10-15)12-26-19(27)14-8-9-25-18(11-14)16-6-1-2-7-17(16)24/h1-11H,12,24H2,(H,26,27). The molecular weight excluding hydrogens is 355 g/mol. The Morgan fingerprint density at radius 1 is 1.04 bits per heavy atom. The van der Waals surface area contributed by atoms with Crippen LogP contribution in [0.1, 0.15) is 21.5 Å². The molecule has 0 spiro atoms. The van der Waals surface area contributed by atoms with Gasteiger partial charge in [0, 0.05) is 29.6 Å². The van der Waals surface area contributed by atoms with E-state index >= 15 is 0 Å². The van der Waals surface area contributed by atoms with Gasteiger partial charge in [-0.2, -0.15) is 13.2 Å². The zero-order valence-corrected chi connectivity index (χ0v) is 14.1. The number of carbonyl (C=O) groups is 1. The number of pyridine rings is 1. The fourth-order valence-corrected chi connectivity index (χ4v) is 2.59. The summed E-state index contributed by atoms with van der Waals surface area (Å²) in [4.78, 5) is 16.6. The number of benzene rings is 2. The summed E-state index contributed by atoms with van der Waals surface area (Å²) < 4.78 is 38.3. The van der Waals surface area contributed by atoms with Crippen LogP contribution in [0.15, 0.2) is 66.9 Å². The van der Waals surface area contributed by atoms with Gasteiger partial charge in [-0.05, 0) is 35.9 Å². The van der Waals surface area contributed by atoms with Crippen LogP contribution in [0.5, 0.6) is 0 Å². The van der Waals surface area contributed by atoms with Gasteiger partial charge in [-0.25, -0.2) is 0 Å². The molecule has 1 heterocycles. The van der Waals surface area contributed by atoms with Crippen LogP contribution in [0.3, 0.4) is 0 Å². The van der Waals surface area contributed by atoms with Crippen LogP contribution in [-0.4, -0.2) is 10.9 Å². The molecule has 138 valence electrons. The van der Waals surface area contributed by atoms with Crippen LogP contribution in [0, 0.1) is 0 Å². The van der Waals surface area contributed by atoms with Crippen LogP contribution in [0.25, 0.3) is 11.3 Å². The lowest BCUT2D eigenvalue weighted by molar-refractivity contribution is -0.137. The van der Waals surface area contributed by atoms with Crippen LogP contribution in [-0.2, 0) is 12.7 Å². The Bertz CT molecular complexity index is 970. The Morgan fingerprint density at radius 2 is 1.81 bits per heavy atom. The first-order valence-electron chi connectivity index (χ1n) is 8.10. The predicted molar refractivity (Wildman–Crippen MR) is 96.7 cm³/mol. The lowest BCUT2D eigenvalue weighted by atomic mass is 10.1. The van der Waals surface area contributed by atoms with E-state index in [0.717, 1.165) is 12.1 Å². The third kappa shape index (κ3) is 4.44. The molecule has 3 N–H and O–H groups in total. The number of hydrogen-bond acceptors (Lipinski definition) is 3. The first-order chi connectivity index (χ1) is 12.8. The monoisotopic (exact) mass is 371 g/mol.